The Morgan fingerprint density at radius 1 is 1.04 bits per heavy atom. The molecule has 0 aromatic heterocycles. The first-order chi connectivity index (χ1) is 13.3. The number of hydrogen-bond acceptors (Lipinski definition) is 6. The van der Waals surface area contributed by atoms with E-state index in [0.29, 0.717) is 50.8 Å². The molecule has 0 aliphatic carbocycles. The van der Waals surface area contributed by atoms with Crippen LogP contribution in [0.25, 0.3) is 0 Å². The Balaban J connectivity index is 1.84. The van der Waals surface area contributed by atoms with Gasteiger partial charge in [-0.15, -0.1) is 0 Å². The second-order valence-corrected chi connectivity index (χ2v) is 8.18. The Kier molecular flexibility index (Phi) is 7.50. The Morgan fingerprint density at radius 3 is 2.11 bits per heavy atom. The number of rotatable bonds is 7. The van der Waals surface area contributed by atoms with Gasteiger partial charge in [0.2, 0.25) is 10.0 Å². The summed E-state index contributed by atoms with van der Waals surface area (Å²) in [6, 6.07) is 6.55. The van der Waals surface area contributed by atoms with Gasteiger partial charge in [0.1, 0.15) is 5.75 Å². The highest BCUT2D eigenvalue weighted by Crippen LogP contribution is 2.21. The third-order valence-electron chi connectivity index (χ3n) is 4.33. The number of amides is 2. The standard InChI is InChI=1S/C18H27N3O6S/c1-4-21(28(3,24)25)15-6-8-16(9-7-15)27-14-17(22)19-10-12-20(13-11-19)18(23)26-5-2/h6-9H,4-5,10-14H2,1-3H3. The molecule has 28 heavy (non-hydrogen) atoms. The summed E-state index contributed by atoms with van der Waals surface area (Å²) in [5.74, 6) is 0.311. The second kappa shape index (κ2) is 9.63. The fourth-order valence-electron chi connectivity index (χ4n) is 2.91. The van der Waals surface area contributed by atoms with Crippen molar-refractivity contribution in [3.05, 3.63) is 24.3 Å². The number of carbonyl (C=O) groups is 2. The van der Waals surface area contributed by atoms with Gasteiger partial charge in [-0.2, -0.15) is 0 Å². The van der Waals surface area contributed by atoms with Crippen LogP contribution in [0.5, 0.6) is 5.75 Å². The van der Waals surface area contributed by atoms with Gasteiger partial charge in [0, 0.05) is 32.7 Å². The highest BCUT2D eigenvalue weighted by atomic mass is 32.2. The average Bonchev–Trinajstić information content (AvgIpc) is 2.67. The topological polar surface area (TPSA) is 96.5 Å². The summed E-state index contributed by atoms with van der Waals surface area (Å²) in [7, 11) is -3.34. The Morgan fingerprint density at radius 2 is 1.61 bits per heavy atom. The maximum atomic E-state index is 12.3. The van der Waals surface area contributed by atoms with Crippen LogP contribution in [0.15, 0.2) is 24.3 Å². The SMILES string of the molecule is CCOC(=O)N1CCN(C(=O)COc2ccc(N(CC)S(C)(=O)=O)cc2)CC1. The summed E-state index contributed by atoms with van der Waals surface area (Å²) in [5, 5.41) is 0. The number of nitrogens with zero attached hydrogens (tertiary/aromatic N) is 3. The van der Waals surface area contributed by atoms with Crippen LogP contribution in [0, 0.1) is 0 Å². The normalized spacial score (nSPS) is 14.5. The molecule has 10 heteroatoms. The van der Waals surface area contributed by atoms with Gasteiger partial charge < -0.3 is 19.3 Å². The van der Waals surface area contributed by atoms with E-state index in [4.69, 9.17) is 9.47 Å². The first kappa shape index (κ1) is 21.8. The Hall–Kier alpha value is -2.49. The number of carbonyl (C=O) groups excluding carboxylic acids is 2. The molecule has 0 spiro atoms. The van der Waals surface area contributed by atoms with Gasteiger partial charge in [0.15, 0.2) is 6.61 Å². The van der Waals surface area contributed by atoms with Crippen molar-refractivity contribution in [2.75, 3.05) is 56.5 Å². The molecule has 0 bridgehead atoms. The molecule has 1 aliphatic heterocycles. The lowest BCUT2D eigenvalue weighted by atomic mass is 10.3. The summed E-state index contributed by atoms with van der Waals surface area (Å²) in [4.78, 5) is 27.2. The zero-order chi connectivity index (χ0) is 20.7. The molecule has 0 unspecified atom stereocenters. The van der Waals surface area contributed by atoms with Crippen molar-refractivity contribution in [3.63, 3.8) is 0 Å². The fraction of sp³-hybridized carbons (Fsp3) is 0.556. The van der Waals surface area contributed by atoms with Crippen molar-refractivity contribution in [1.82, 2.24) is 9.80 Å². The van der Waals surface area contributed by atoms with Crippen molar-refractivity contribution in [1.29, 1.82) is 0 Å². The summed E-state index contributed by atoms with van der Waals surface area (Å²) in [5.41, 5.74) is 0.541. The predicted molar refractivity (Wildman–Crippen MR) is 105 cm³/mol. The molecular formula is C18H27N3O6S. The summed E-state index contributed by atoms with van der Waals surface area (Å²) < 4.78 is 35.3. The van der Waals surface area contributed by atoms with Gasteiger partial charge in [-0.3, -0.25) is 9.10 Å². The van der Waals surface area contributed by atoms with Crippen LogP contribution in [0.1, 0.15) is 13.8 Å². The zero-order valence-electron chi connectivity index (χ0n) is 16.5. The summed E-state index contributed by atoms with van der Waals surface area (Å²) >= 11 is 0. The first-order valence-corrected chi connectivity index (χ1v) is 11.0. The van der Waals surface area contributed by atoms with E-state index >= 15 is 0 Å². The van der Waals surface area contributed by atoms with Gasteiger partial charge in [-0.05, 0) is 38.1 Å². The molecule has 1 saturated heterocycles. The molecule has 0 atom stereocenters. The second-order valence-electron chi connectivity index (χ2n) is 6.28. The highest BCUT2D eigenvalue weighted by Gasteiger charge is 2.25. The summed E-state index contributed by atoms with van der Waals surface area (Å²) in [6.07, 6.45) is 0.794. The van der Waals surface area contributed by atoms with Crippen molar-refractivity contribution < 1.29 is 27.5 Å². The smallest absolute Gasteiger partial charge is 0.409 e. The van der Waals surface area contributed by atoms with E-state index in [1.807, 2.05) is 0 Å². The molecule has 1 aromatic carbocycles. The van der Waals surface area contributed by atoms with E-state index in [2.05, 4.69) is 0 Å². The third-order valence-corrected chi connectivity index (χ3v) is 5.60. The molecule has 0 saturated carbocycles. The van der Waals surface area contributed by atoms with Crippen LogP contribution in [0.4, 0.5) is 10.5 Å². The number of hydrogen-bond donors (Lipinski definition) is 0. The Bertz CT molecular complexity index is 773. The minimum atomic E-state index is -3.34. The lowest BCUT2D eigenvalue weighted by Crippen LogP contribution is -2.51. The number of benzene rings is 1. The molecule has 1 fully saturated rings. The van der Waals surface area contributed by atoms with Crippen LogP contribution in [0.3, 0.4) is 0 Å². The number of sulfonamides is 1. The van der Waals surface area contributed by atoms with Crippen molar-refractivity contribution in [3.8, 4) is 5.75 Å². The van der Waals surface area contributed by atoms with Gasteiger partial charge in [-0.1, -0.05) is 0 Å². The first-order valence-electron chi connectivity index (χ1n) is 9.16. The van der Waals surface area contributed by atoms with Crippen LogP contribution in [0.2, 0.25) is 0 Å². The monoisotopic (exact) mass is 413 g/mol. The van der Waals surface area contributed by atoms with Gasteiger partial charge in [0.05, 0.1) is 18.6 Å². The number of piperazine rings is 1. The van der Waals surface area contributed by atoms with Crippen molar-refractivity contribution in [2.24, 2.45) is 0 Å². The molecule has 2 rings (SSSR count). The third kappa shape index (κ3) is 5.75. The van der Waals surface area contributed by atoms with E-state index in [9.17, 15) is 18.0 Å². The summed E-state index contributed by atoms with van der Waals surface area (Å²) in [6.45, 7) is 5.76. The van der Waals surface area contributed by atoms with Gasteiger partial charge >= 0.3 is 6.09 Å². The van der Waals surface area contributed by atoms with Crippen molar-refractivity contribution >= 4 is 27.7 Å². The molecule has 0 radical (unpaired) electrons. The maximum absolute atomic E-state index is 12.3. The van der Waals surface area contributed by atoms with Crippen LogP contribution in [-0.4, -0.2) is 82.4 Å². The Labute approximate surface area is 165 Å². The predicted octanol–water partition coefficient (Wildman–Crippen LogP) is 1.15. The molecule has 1 heterocycles. The maximum Gasteiger partial charge on any atom is 0.409 e. The zero-order valence-corrected chi connectivity index (χ0v) is 17.3. The minimum absolute atomic E-state index is 0.123. The van der Waals surface area contributed by atoms with Crippen LogP contribution < -0.4 is 9.04 Å². The number of ether oxygens (including phenoxy) is 2. The largest absolute Gasteiger partial charge is 0.484 e. The van der Waals surface area contributed by atoms with Crippen LogP contribution in [-0.2, 0) is 19.6 Å². The molecule has 1 aliphatic rings. The molecular weight excluding hydrogens is 386 g/mol. The molecule has 2 amide bonds. The molecule has 1 aromatic rings. The minimum Gasteiger partial charge on any atom is -0.484 e. The molecule has 0 N–H and O–H groups in total. The van der Waals surface area contributed by atoms with Crippen molar-refractivity contribution in [2.45, 2.75) is 13.8 Å². The van der Waals surface area contributed by atoms with E-state index in [1.165, 1.54) is 4.31 Å². The quantitative estimate of drug-likeness (QED) is 0.665. The lowest BCUT2D eigenvalue weighted by molar-refractivity contribution is -0.134. The van der Waals surface area contributed by atoms with Gasteiger partial charge in [-0.25, -0.2) is 13.2 Å². The highest BCUT2D eigenvalue weighted by molar-refractivity contribution is 7.92. The van der Waals surface area contributed by atoms with E-state index < -0.39 is 10.0 Å². The van der Waals surface area contributed by atoms with E-state index in [1.54, 1.807) is 47.9 Å². The lowest BCUT2D eigenvalue weighted by Gasteiger charge is -2.33. The van der Waals surface area contributed by atoms with Gasteiger partial charge in [0.25, 0.3) is 5.91 Å². The fourth-order valence-corrected chi connectivity index (χ4v) is 3.88. The number of anilines is 1. The van der Waals surface area contributed by atoms with E-state index in [-0.39, 0.29) is 18.6 Å². The average molecular weight is 413 g/mol. The molecule has 156 valence electrons. The van der Waals surface area contributed by atoms with Crippen LogP contribution >= 0.6 is 0 Å². The van der Waals surface area contributed by atoms with E-state index in [0.717, 1.165) is 6.26 Å². The molecule has 9 nitrogen and oxygen atoms in total.